The van der Waals surface area contributed by atoms with E-state index in [4.69, 9.17) is 10.6 Å². The maximum absolute atomic E-state index is 5.79. The summed E-state index contributed by atoms with van der Waals surface area (Å²) < 4.78 is 7.70. The quantitative estimate of drug-likeness (QED) is 0.617. The molecular formula is C15H21N5O. The van der Waals surface area contributed by atoms with E-state index in [1.165, 1.54) is 5.56 Å². The van der Waals surface area contributed by atoms with E-state index >= 15 is 0 Å². The van der Waals surface area contributed by atoms with Crippen molar-refractivity contribution in [2.75, 3.05) is 6.61 Å². The number of nitrogens with one attached hydrogen (secondary N) is 1. The second-order valence-corrected chi connectivity index (χ2v) is 5.33. The van der Waals surface area contributed by atoms with Gasteiger partial charge < -0.3 is 4.74 Å². The molecule has 6 nitrogen and oxygen atoms in total. The molecule has 0 saturated heterocycles. The van der Waals surface area contributed by atoms with Gasteiger partial charge in [0.2, 0.25) is 0 Å². The number of hydrazine groups is 1. The minimum absolute atomic E-state index is 0.0773. The lowest BCUT2D eigenvalue weighted by atomic mass is 9.91. The molecule has 0 saturated carbocycles. The summed E-state index contributed by atoms with van der Waals surface area (Å²) in [5.41, 5.74) is 4.14. The molecule has 1 aliphatic heterocycles. The van der Waals surface area contributed by atoms with Gasteiger partial charge in [-0.3, -0.25) is 16.0 Å². The molecule has 2 atom stereocenters. The molecule has 2 aromatic rings. The maximum Gasteiger partial charge on any atom is 0.138 e. The molecule has 1 aliphatic rings. The number of ether oxygens (including phenoxy) is 1. The zero-order valence-corrected chi connectivity index (χ0v) is 12.2. The van der Waals surface area contributed by atoms with Crippen LogP contribution < -0.4 is 16.0 Å². The Hall–Kier alpha value is -1.92. The van der Waals surface area contributed by atoms with Gasteiger partial charge in [-0.25, -0.2) is 4.98 Å². The highest BCUT2D eigenvalue weighted by Gasteiger charge is 2.31. The Labute approximate surface area is 124 Å². The maximum atomic E-state index is 5.79. The van der Waals surface area contributed by atoms with E-state index in [-0.39, 0.29) is 12.0 Å². The van der Waals surface area contributed by atoms with Crippen LogP contribution in [0.15, 0.2) is 30.6 Å². The molecule has 2 unspecified atom stereocenters. The fourth-order valence-electron chi connectivity index (χ4n) is 2.88. The number of fused-ring (bicyclic) bond motifs is 1. The SMILES string of the molecule is CCCn1ncnc1CC(NN)C1COc2ccccc21. The first-order chi connectivity index (χ1) is 10.3. The normalized spacial score (nSPS) is 18.3. The molecule has 0 fully saturated rings. The third-order valence-corrected chi connectivity index (χ3v) is 3.97. The van der Waals surface area contributed by atoms with Gasteiger partial charge >= 0.3 is 0 Å². The van der Waals surface area contributed by atoms with Gasteiger partial charge in [0.15, 0.2) is 0 Å². The highest BCUT2D eigenvalue weighted by molar-refractivity contribution is 5.40. The van der Waals surface area contributed by atoms with Crippen molar-refractivity contribution in [3.05, 3.63) is 42.0 Å². The molecule has 0 spiro atoms. The van der Waals surface area contributed by atoms with Crippen LogP contribution in [0.1, 0.15) is 30.7 Å². The average Bonchev–Trinajstić information content (AvgIpc) is 3.12. The van der Waals surface area contributed by atoms with E-state index in [9.17, 15) is 0 Å². The molecule has 0 amide bonds. The molecule has 2 heterocycles. The van der Waals surface area contributed by atoms with Crippen LogP contribution in [0.5, 0.6) is 5.75 Å². The Kier molecular flexibility index (Phi) is 4.17. The molecule has 0 aliphatic carbocycles. The number of nitrogens with zero attached hydrogens (tertiary/aromatic N) is 3. The van der Waals surface area contributed by atoms with E-state index in [2.05, 4.69) is 28.5 Å². The van der Waals surface area contributed by atoms with Crippen molar-refractivity contribution in [1.82, 2.24) is 20.2 Å². The second kappa shape index (κ2) is 6.24. The van der Waals surface area contributed by atoms with Crippen molar-refractivity contribution in [2.45, 2.75) is 38.3 Å². The first kappa shape index (κ1) is 14.0. The Morgan fingerprint density at radius 3 is 3.14 bits per heavy atom. The van der Waals surface area contributed by atoms with Crippen LogP contribution in [0.3, 0.4) is 0 Å². The summed E-state index contributed by atoms with van der Waals surface area (Å²) in [6.07, 6.45) is 3.38. The molecule has 112 valence electrons. The van der Waals surface area contributed by atoms with Crippen molar-refractivity contribution in [3.63, 3.8) is 0 Å². The zero-order chi connectivity index (χ0) is 14.7. The zero-order valence-electron chi connectivity index (χ0n) is 12.2. The number of para-hydroxylation sites is 1. The molecule has 1 aromatic heterocycles. The van der Waals surface area contributed by atoms with Crippen LogP contribution >= 0.6 is 0 Å². The van der Waals surface area contributed by atoms with Crippen LogP contribution in [0, 0.1) is 0 Å². The number of hydrogen-bond acceptors (Lipinski definition) is 5. The van der Waals surface area contributed by atoms with Gasteiger partial charge in [-0.2, -0.15) is 5.10 Å². The lowest BCUT2D eigenvalue weighted by molar-refractivity contribution is 0.295. The first-order valence-electron chi connectivity index (χ1n) is 7.38. The monoisotopic (exact) mass is 287 g/mol. The number of aryl methyl sites for hydroxylation is 1. The predicted octanol–water partition coefficient (Wildman–Crippen LogP) is 1.24. The molecule has 3 rings (SSSR count). The molecular weight excluding hydrogens is 266 g/mol. The van der Waals surface area contributed by atoms with Crippen LogP contribution in [0.25, 0.3) is 0 Å². The van der Waals surface area contributed by atoms with Crippen LogP contribution in [-0.2, 0) is 13.0 Å². The number of hydrogen-bond donors (Lipinski definition) is 2. The Balaban J connectivity index is 1.79. The second-order valence-electron chi connectivity index (χ2n) is 5.33. The summed E-state index contributed by atoms with van der Waals surface area (Å²) in [7, 11) is 0. The fraction of sp³-hybridized carbons (Fsp3) is 0.467. The van der Waals surface area contributed by atoms with E-state index < -0.39 is 0 Å². The van der Waals surface area contributed by atoms with Crippen molar-refractivity contribution < 1.29 is 4.74 Å². The number of nitrogens with two attached hydrogens (primary N) is 1. The minimum Gasteiger partial charge on any atom is -0.493 e. The lowest BCUT2D eigenvalue weighted by Gasteiger charge is -2.21. The molecule has 3 N–H and O–H groups in total. The smallest absolute Gasteiger partial charge is 0.138 e. The fourth-order valence-corrected chi connectivity index (χ4v) is 2.88. The van der Waals surface area contributed by atoms with Gasteiger partial charge in [-0.15, -0.1) is 0 Å². The summed E-state index contributed by atoms with van der Waals surface area (Å²) in [5, 5.41) is 4.27. The van der Waals surface area contributed by atoms with Crippen LogP contribution in [-0.4, -0.2) is 27.4 Å². The standard InChI is InChI=1S/C15H21N5O/c1-2-7-20-15(17-10-18-20)8-13(19-16)12-9-21-14-6-4-3-5-11(12)14/h3-6,10,12-13,19H,2,7-9,16H2,1H3. The van der Waals surface area contributed by atoms with Crippen LogP contribution in [0.2, 0.25) is 0 Å². The van der Waals surface area contributed by atoms with Gasteiger partial charge in [-0.1, -0.05) is 25.1 Å². The van der Waals surface area contributed by atoms with Crippen molar-refractivity contribution in [2.24, 2.45) is 5.84 Å². The molecule has 1 aromatic carbocycles. The molecule has 6 heteroatoms. The Morgan fingerprint density at radius 1 is 1.48 bits per heavy atom. The lowest BCUT2D eigenvalue weighted by Crippen LogP contribution is -2.42. The summed E-state index contributed by atoms with van der Waals surface area (Å²) in [5.74, 6) is 7.94. The van der Waals surface area contributed by atoms with E-state index in [1.54, 1.807) is 6.33 Å². The molecule has 21 heavy (non-hydrogen) atoms. The topological polar surface area (TPSA) is 78.0 Å². The Bertz CT molecular complexity index is 597. The van der Waals surface area contributed by atoms with Gasteiger partial charge in [0.1, 0.15) is 17.9 Å². The summed E-state index contributed by atoms with van der Waals surface area (Å²) in [4.78, 5) is 4.37. The molecule has 0 bridgehead atoms. The number of benzene rings is 1. The van der Waals surface area contributed by atoms with Crippen LogP contribution in [0.4, 0.5) is 0 Å². The van der Waals surface area contributed by atoms with Gasteiger partial charge in [0.25, 0.3) is 0 Å². The first-order valence-corrected chi connectivity index (χ1v) is 7.38. The van der Waals surface area contributed by atoms with Gasteiger partial charge in [-0.05, 0) is 12.5 Å². The summed E-state index contributed by atoms with van der Waals surface area (Å²) in [6, 6.07) is 8.21. The van der Waals surface area contributed by atoms with E-state index in [0.29, 0.717) is 6.61 Å². The number of aromatic nitrogens is 3. The minimum atomic E-state index is 0.0773. The molecule has 0 radical (unpaired) electrons. The van der Waals surface area contributed by atoms with E-state index in [0.717, 1.165) is 31.0 Å². The van der Waals surface area contributed by atoms with E-state index in [1.807, 2.05) is 22.9 Å². The summed E-state index contributed by atoms with van der Waals surface area (Å²) >= 11 is 0. The van der Waals surface area contributed by atoms with Crippen molar-refractivity contribution in [1.29, 1.82) is 0 Å². The van der Waals surface area contributed by atoms with Gasteiger partial charge in [0, 0.05) is 30.5 Å². The third-order valence-electron chi connectivity index (χ3n) is 3.97. The number of rotatable bonds is 6. The summed E-state index contributed by atoms with van der Waals surface area (Å²) in [6.45, 7) is 3.66. The van der Waals surface area contributed by atoms with Crippen molar-refractivity contribution >= 4 is 0 Å². The Morgan fingerprint density at radius 2 is 2.33 bits per heavy atom. The largest absolute Gasteiger partial charge is 0.493 e. The highest BCUT2D eigenvalue weighted by Crippen LogP contribution is 2.36. The predicted molar refractivity (Wildman–Crippen MR) is 79.8 cm³/mol. The average molecular weight is 287 g/mol. The van der Waals surface area contributed by atoms with Gasteiger partial charge in [0.05, 0.1) is 6.61 Å². The highest BCUT2D eigenvalue weighted by atomic mass is 16.5. The van der Waals surface area contributed by atoms with Crippen molar-refractivity contribution in [3.8, 4) is 5.75 Å². The third kappa shape index (κ3) is 2.77.